The molecule has 4 nitrogen and oxygen atoms in total. The van der Waals surface area contributed by atoms with Crippen LogP contribution < -0.4 is 5.32 Å². The molecule has 0 heterocycles. The molecule has 0 saturated carbocycles. The molecule has 0 aromatic heterocycles. The van der Waals surface area contributed by atoms with E-state index in [1.807, 2.05) is 44.2 Å². The van der Waals surface area contributed by atoms with Crippen molar-refractivity contribution < 1.29 is 14.3 Å². The molecule has 1 N–H and O–H groups in total. The summed E-state index contributed by atoms with van der Waals surface area (Å²) >= 11 is 0. The van der Waals surface area contributed by atoms with Crippen LogP contribution in [0.5, 0.6) is 0 Å². The number of amides is 1. The van der Waals surface area contributed by atoms with Crippen molar-refractivity contribution in [2.24, 2.45) is 0 Å². The molecule has 0 aliphatic rings. The number of rotatable bonds is 5. The van der Waals surface area contributed by atoms with E-state index in [4.69, 9.17) is 4.74 Å². The third kappa shape index (κ3) is 4.69. The topological polar surface area (TPSA) is 55.4 Å². The van der Waals surface area contributed by atoms with Gasteiger partial charge in [0.15, 0.2) is 6.10 Å². The van der Waals surface area contributed by atoms with E-state index in [0.29, 0.717) is 5.56 Å². The van der Waals surface area contributed by atoms with E-state index in [1.54, 1.807) is 19.1 Å². The van der Waals surface area contributed by atoms with Crippen LogP contribution >= 0.6 is 0 Å². The molecule has 132 valence electrons. The maximum Gasteiger partial charge on any atom is 0.338 e. The molecule has 1 atom stereocenters. The molecular formula is C21H25NO3. The number of esters is 1. The summed E-state index contributed by atoms with van der Waals surface area (Å²) in [6.45, 7) is 9.62. The van der Waals surface area contributed by atoms with Crippen molar-refractivity contribution in [3.05, 3.63) is 64.7 Å². The van der Waals surface area contributed by atoms with Crippen LogP contribution in [0.3, 0.4) is 0 Å². The number of carbonyl (C=O) groups excluding carboxylic acids is 2. The number of ether oxygens (including phenoxy) is 1. The van der Waals surface area contributed by atoms with Crippen LogP contribution in [0.4, 0.5) is 5.69 Å². The molecule has 2 aromatic rings. The summed E-state index contributed by atoms with van der Waals surface area (Å²) in [7, 11) is 0. The lowest BCUT2D eigenvalue weighted by Crippen LogP contribution is -2.30. The minimum Gasteiger partial charge on any atom is -0.449 e. The van der Waals surface area contributed by atoms with E-state index < -0.39 is 12.1 Å². The standard InChI is InChI=1S/C21H25NO3/c1-13(2)18-8-6-7-15(4)19(18)22-20(23)16(5)25-21(24)17-11-9-14(3)10-12-17/h6-13,16H,1-5H3,(H,22,23)/t16-/m1/s1. The molecule has 4 heteroatoms. The van der Waals surface area contributed by atoms with Gasteiger partial charge in [0.2, 0.25) is 0 Å². The predicted octanol–water partition coefficient (Wildman–Crippen LogP) is 4.61. The van der Waals surface area contributed by atoms with E-state index >= 15 is 0 Å². The van der Waals surface area contributed by atoms with Gasteiger partial charge in [-0.15, -0.1) is 0 Å². The fourth-order valence-electron chi connectivity index (χ4n) is 2.54. The monoisotopic (exact) mass is 339 g/mol. The summed E-state index contributed by atoms with van der Waals surface area (Å²) < 4.78 is 5.30. The molecule has 0 bridgehead atoms. The summed E-state index contributed by atoms with van der Waals surface area (Å²) in [4.78, 5) is 24.6. The lowest BCUT2D eigenvalue weighted by Gasteiger charge is -2.19. The first-order valence-corrected chi connectivity index (χ1v) is 8.47. The maximum absolute atomic E-state index is 12.5. The number of para-hydroxylation sites is 1. The Morgan fingerprint density at radius 1 is 0.960 bits per heavy atom. The van der Waals surface area contributed by atoms with E-state index in [1.165, 1.54) is 0 Å². The van der Waals surface area contributed by atoms with Gasteiger partial charge in [0, 0.05) is 5.69 Å². The predicted molar refractivity (Wildman–Crippen MR) is 100.0 cm³/mol. The molecule has 0 aliphatic heterocycles. The van der Waals surface area contributed by atoms with Gasteiger partial charge < -0.3 is 10.1 Å². The molecule has 1 amide bonds. The van der Waals surface area contributed by atoms with Crippen LogP contribution in [0.2, 0.25) is 0 Å². The molecule has 0 aliphatic carbocycles. The van der Waals surface area contributed by atoms with E-state index in [0.717, 1.165) is 22.4 Å². The quantitative estimate of drug-likeness (QED) is 0.809. The summed E-state index contributed by atoms with van der Waals surface area (Å²) in [5.74, 6) is -0.561. The molecule has 0 fully saturated rings. The molecule has 0 radical (unpaired) electrons. The highest BCUT2D eigenvalue weighted by atomic mass is 16.5. The van der Waals surface area contributed by atoms with Gasteiger partial charge >= 0.3 is 5.97 Å². The molecule has 25 heavy (non-hydrogen) atoms. The molecule has 0 unspecified atom stereocenters. The normalized spacial score (nSPS) is 11.9. The Kier molecular flexibility index (Phi) is 5.97. The second kappa shape index (κ2) is 7.97. The number of carbonyl (C=O) groups is 2. The first-order chi connectivity index (χ1) is 11.8. The van der Waals surface area contributed by atoms with Crippen molar-refractivity contribution in [3.63, 3.8) is 0 Å². The Labute approximate surface area is 149 Å². The summed E-state index contributed by atoms with van der Waals surface area (Å²) in [5.41, 5.74) is 4.33. The fraction of sp³-hybridized carbons (Fsp3) is 0.333. The Morgan fingerprint density at radius 2 is 1.60 bits per heavy atom. The first-order valence-electron chi connectivity index (χ1n) is 8.47. The Hall–Kier alpha value is -2.62. The molecular weight excluding hydrogens is 314 g/mol. The molecule has 0 saturated heterocycles. The van der Waals surface area contributed by atoms with Crippen LogP contribution in [0.1, 0.15) is 53.7 Å². The van der Waals surface area contributed by atoms with Crippen molar-refractivity contribution in [3.8, 4) is 0 Å². The van der Waals surface area contributed by atoms with Crippen LogP contribution in [0.15, 0.2) is 42.5 Å². The van der Waals surface area contributed by atoms with Crippen molar-refractivity contribution in [2.75, 3.05) is 5.32 Å². The third-order valence-corrected chi connectivity index (χ3v) is 4.12. The average molecular weight is 339 g/mol. The van der Waals surface area contributed by atoms with Crippen LogP contribution in [-0.4, -0.2) is 18.0 Å². The van der Waals surface area contributed by atoms with Crippen molar-refractivity contribution in [1.29, 1.82) is 0 Å². The number of anilines is 1. The van der Waals surface area contributed by atoms with Gasteiger partial charge in [-0.1, -0.05) is 49.7 Å². The maximum atomic E-state index is 12.5. The van der Waals surface area contributed by atoms with Gasteiger partial charge in [-0.2, -0.15) is 0 Å². The number of nitrogens with one attached hydrogen (secondary N) is 1. The Balaban J connectivity index is 2.08. The van der Waals surface area contributed by atoms with Crippen molar-refractivity contribution in [1.82, 2.24) is 0 Å². The smallest absolute Gasteiger partial charge is 0.338 e. The molecule has 2 rings (SSSR count). The summed E-state index contributed by atoms with van der Waals surface area (Å²) in [6, 6.07) is 13.0. The zero-order valence-corrected chi connectivity index (χ0v) is 15.4. The Morgan fingerprint density at radius 3 is 2.20 bits per heavy atom. The SMILES string of the molecule is Cc1ccc(C(=O)O[C@H](C)C(=O)Nc2c(C)cccc2C(C)C)cc1. The second-order valence-corrected chi connectivity index (χ2v) is 6.60. The number of hydrogen-bond donors (Lipinski definition) is 1. The van der Waals surface area contributed by atoms with E-state index in [-0.39, 0.29) is 11.8 Å². The van der Waals surface area contributed by atoms with Gasteiger partial charge in [-0.3, -0.25) is 4.79 Å². The van der Waals surface area contributed by atoms with Crippen molar-refractivity contribution in [2.45, 2.75) is 46.6 Å². The minimum atomic E-state index is -0.881. The largest absolute Gasteiger partial charge is 0.449 e. The highest BCUT2D eigenvalue weighted by molar-refractivity contribution is 5.98. The van der Waals surface area contributed by atoms with Gasteiger partial charge in [0.25, 0.3) is 5.91 Å². The lowest BCUT2D eigenvalue weighted by atomic mass is 9.98. The fourth-order valence-corrected chi connectivity index (χ4v) is 2.54. The van der Waals surface area contributed by atoms with Gasteiger partial charge in [-0.05, 0) is 49.9 Å². The summed E-state index contributed by atoms with van der Waals surface area (Å²) in [6.07, 6.45) is -0.881. The van der Waals surface area contributed by atoms with E-state index in [9.17, 15) is 9.59 Å². The average Bonchev–Trinajstić information content (AvgIpc) is 2.56. The van der Waals surface area contributed by atoms with Crippen molar-refractivity contribution >= 4 is 17.6 Å². The highest BCUT2D eigenvalue weighted by Gasteiger charge is 2.21. The number of benzene rings is 2. The Bertz CT molecular complexity index is 763. The van der Waals surface area contributed by atoms with Crippen LogP contribution in [0.25, 0.3) is 0 Å². The van der Waals surface area contributed by atoms with E-state index in [2.05, 4.69) is 19.2 Å². The third-order valence-electron chi connectivity index (χ3n) is 4.12. The minimum absolute atomic E-state index is 0.278. The van der Waals surface area contributed by atoms with Crippen LogP contribution in [-0.2, 0) is 9.53 Å². The van der Waals surface area contributed by atoms with Gasteiger partial charge in [0.1, 0.15) is 0 Å². The number of aryl methyl sites for hydroxylation is 2. The van der Waals surface area contributed by atoms with Gasteiger partial charge in [0.05, 0.1) is 5.56 Å². The second-order valence-electron chi connectivity index (χ2n) is 6.60. The van der Waals surface area contributed by atoms with Gasteiger partial charge in [-0.25, -0.2) is 4.79 Å². The first kappa shape index (κ1) is 18.7. The van der Waals surface area contributed by atoms with Crippen LogP contribution in [0, 0.1) is 13.8 Å². The molecule has 0 spiro atoms. The highest BCUT2D eigenvalue weighted by Crippen LogP contribution is 2.27. The zero-order chi connectivity index (χ0) is 18.6. The molecule has 2 aromatic carbocycles. The summed E-state index contributed by atoms with van der Waals surface area (Å²) in [5, 5.41) is 2.91. The number of hydrogen-bond acceptors (Lipinski definition) is 3. The lowest BCUT2D eigenvalue weighted by molar-refractivity contribution is -0.123. The zero-order valence-electron chi connectivity index (χ0n) is 15.4.